The molecule has 1 unspecified atom stereocenters. The van der Waals surface area contributed by atoms with Crippen molar-refractivity contribution in [3.8, 4) is 0 Å². The van der Waals surface area contributed by atoms with Crippen LogP contribution in [0.15, 0.2) is 60.7 Å². The number of nitrogens with one attached hydrogen (secondary N) is 3. The molecule has 7 nitrogen and oxygen atoms in total. The van der Waals surface area contributed by atoms with Gasteiger partial charge in [-0.3, -0.25) is 9.59 Å². The third kappa shape index (κ3) is 5.62. The number of benzene rings is 2. The molecule has 1 atom stereocenters. The monoisotopic (exact) mass is 389 g/mol. The van der Waals surface area contributed by atoms with Crippen LogP contribution in [0.4, 0.5) is 17.3 Å². The van der Waals surface area contributed by atoms with Gasteiger partial charge in [0.2, 0.25) is 11.9 Å². The fourth-order valence-electron chi connectivity index (χ4n) is 2.84. The Kier molecular flexibility index (Phi) is 6.19. The summed E-state index contributed by atoms with van der Waals surface area (Å²) in [6, 6.07) is 18.4. The highest BCUT2D eigenvalue weighted by Crippen LogP contribution is 2.19. The largest absolute Gasteiger partial charge is 0.344 e. The van der Waals surface area contributed by atoms with Crippen molar-refractivity contribution < 1.29 is 9.59 Å². The van der Waals surface area contributed by atoms with Gasteiger partial charge in [-0.1, -0.05) is 36.4 Å². The highest BCUT2D eigenvalue weighted by molar-refractivity contribution is 5.93. The van der Waals surface area contributed by atoms with Crippen molar-refractivity contribution in [2.45, 2.75) is 26.8 Å². The van der Waals surface area contributed by atoms with Crippen molar-refractivity contribution in [2.75, 3.05) is 10.6 Å². The SMILES string of the molecule is CC(=O)Nc1cccc(Nc2nc(C)cc(C(=O)NC(C)c3ccccc3)n2)c1. The van der Waals surface area contributed by atoms with E-state index in [4.69, 9.17) is 0 Å². The van der Waals surface area contributed by atoms with E-state index in [0.717, 1.165) is 5.56 Å². The summed E-state index contributed by atoms with van der Waals surface area (Å²) in [7, 11) is 0. The van der Waals surface area contributed by atoms with Crippen LogP contribution in [0, 0.1) is 6.92 Å². The first kappa shape index (κ1) is 20.0. The summed E-state index contributed by atoms with van der Waals surface area (Å²) in [5, 5.41) is 8.77. The van der Waals surface area contributed by atoms with Gasteiger partial charge in [-0.15, -0.1) is 0 Å². The number of rotatable bonds is 6. The molecule has 3 aromatic rings. The Hall–Kier alpha value is -3.74. The van der Waals surface area contributed by atoms with Gasteiger partial charge in [0.15, 0.2) is 0 Å². The Morgan fingerprint density at radius 1 is 0.931 bits per heavy atom. The lowest BCUT2D eigenvalue weighted by Gasteiger charge is -2.15. The number of aromatic nitrogens is 2. The van der Waals surface area contributed by atoms with E-state index < -0.39 is 0 Å². The fraction of sp³-hybridized carbons (Fsp3) is 0.182. The van der Waals surface area contributed by atoms with Crippen LogP contribution in [0.2, 0.25) is 0 Å². The van der Waals surface area contributed by atoms with Gasteiger partial charge in [0.25, 0.3) is 5.91 Å². The van der Waals surface area contributed by atoms with E-state index in [-0.39, 0.29) is 23.6 Å². The lowest BCUT2D eigenvalue weighted by Crippen LogP contribution is -2.27. The number of anilines is 3. The van der Waals surface area contributed by atoms with Crippen LogP contribution >= 0.6 is 0 Å². The quantitative estimate of drug-likeness (QED) is 0.593. The van der Waals surface area contributed by atoms with Crippen molar-refractivity contribution in [1.29, 1.82) is 0 Å². The van der Waals surface area contributed by atoms with Gasteiger partial charge in [0.1, 0.15) is 5.69 Å². The van der Waals surface area contributed by atoms with Crippen molar-refractivity contribution in [2.24, 2.45) is 0 Å². The van der Waals surface area contributed by atoms with Gasteiger partial charge < -0.3 is 16.0 Å². The van der Waals surface area contributed by atoms with E-state index in [1.165, 1.54) is 6.92 Å². The van der Waals surface area contributed by atoms with E-state index in [1.807, 2.05) is 43.3 Å². The average Bonchev–Trinajstić information content (AvgIpc) is 2.68. The standard InChI is InChI=1S/C22H23N5O2/c1-14-12-20(21(29)24-15(2)17-8-5-4-6-9-17)27-22(23-14)26-19-11-7-10-18(13-19)25-16(3)28/h4-13,15H,1-3H3,(H,24,29)(H,25,28)(H,23,26,27). The number of hydrogen-bond donors (Lipinski definition) is 3. The molecule has 0 aliphatic heterocycles. The Morgan fingerprint density at radius 2 is 1.66 bits per heavy atom. The number of carbonyl (C=O) groups excluding carboxylic acids is 2. The molecule has 0 saturated heterocycles. The molecule has 3 rings (SSSR count). The number of hydrogen-bond acceptors (Lipinski definition) is 5. The summed E-state index contributed by atoms with van der Waals surface area (Å²) in [4.78, 5) is 32.6. The summed E-state index contributed by atoms with van der Waals surface area (Å²) in [6.07, 6.45) is 0. The number of carbonyl (C=O) groups is 2. The van der Waals surface area contributed by atoms with Gasteiger partial charge in [-0.2, -0.15) is 0 Å². The molecule has 2 aromatic carbocycles. The van der Waals surface area contributed by atoms with Gasteiger partial charge in [-0.05, 0) is 43.7 Å². The fourth-order valence-corrected chi connectivity index (χ4v) is 2.84. The minimum atomic E-state index is -0.276. The molecule has 2 amide bonds. The Bertz CT molecular complexity index is 1020. The maximum atomic E-state index is 12.7. The summed E-state index contributed by atoms with van der Waals surface area (Å²) in [6.45, 7) is 5.18. The molecule has 148 valence electrons. The molecule has 0 aliphatic carbocycles. The minimum Gasteiger partial charge on any atom is -0.344 e. The molecule has 1 aromatic heterocycles. The third-order valence-electron chi connectivity index (χ3n) is 4.17. The first-order chi connectivity index (χ1) is 13.9. The van der Waals surface area contributed by atoms with Crippen molar-refractivity contribution in [1.82, 2.24) is 15.3 Å². The maximum Gasteiger partial charge on any atom is 0.270 e. The molecule has 0 fully saturated rings. The average molecular weight is 389 g/mol. The topological polar surface area (TPSA) is 96.0 Å². The predicted molar refractivity (Wildman–Crippen MR) is 113 cm³/mol. The second kappa shape index (κ2) is 8.97. The Morgan fingerprint density at radius 3 is 2.38 bits per heavy atom. The molecule has 0 spiro atoms. The van der Waals surface area contributed by atoms with Crippen LogP contribution in [0.1, 0.15) is 41.6 Å². The molecule has 0 saturated carbocycles. The lowest BCUT2D eigenvalue weighted by atomic mass is 10.1. The Labute approximate surface area is 169 Å². The second-order valence-corrected chi connectivity index (χ2v) is 6.71. The molecule has 0 bridgehead atoms. The van der Waals surface area contributed by atoms with Crippen LogP contribution in [0.3, 0.4) is 0 Å². The molecule has 7 heteroatoms. The van der Waals surface area contributed by atoms with E-state index in [0.29, 0.717) is 23.0 Å². The van der Waals surface area contributed by atoms with Gasteiger partial charge in [-0.25, -0.2) is 9.97 Å². The summed E-state index contributed by atoms with van der Waals surface area (Å²) in [5.41, 5.74) is 3.31. The summed E-state index contributed by atoms with van der Waals surface area (Å²) < 4.78 is 0. The smallest absolute Gasteiger partial charge is 0.270 e. The molecule has 1 heterocycles. The molecule has 29 heavy (non-hydrogen) atoms. The third-order valence-corrected chi connectivity index (χ3v) is 4.17. The highest BCUT2D eigenvalue weighted by Gasteiger charge is 2.14. The Balaban J connectivity index is 1.76. The zero-order valence-electron chi connectivity index (χ0n) is 16.6. The highest BCUT2D eigenvalue weighted by atomic mass is 16.2. The first-order valence-corrected chi connectivity index (χ1v) is 9.27. The van der Waals surface area contributed by atoms with E-state index in [1.54, 1.807) is 31.2 Å². The van der Waals surface area contributed by atoms with Gasteiger partial charge in [0, 0.05) is 24.0 Å². The lowest BCUT2D eigenvalue weighted by molar-refractivity contribution is -0.114. The predicted octanol–water partition coefficient (Wildman–Crippen LogP) is 3.98. The van der Waals surface area contributed by atoms with E-state index in [2.05, 4.69) is 25.9 Å². The number of aryl methyl sites for hydroxylation is 1. The van der Waals surface area contributed by atoms with Crippen molar-refractivity contribution in [3.63, 3.8) is 0 Å². The number of nitrogens with zero attached hydrogens (tertiary/aromatic N) is 2. The summed E-state index contributed by atoms with van der Waals surface area (Å²) in [5.74, 6) is -0.121. The zero-order valence-corrected chi connectivity index (χ0v) is 16.6. The normalized spacial score (nSPS) is 11.4. The second-order valence-electron chi connectivity index (χ2n) is 6.71. The maximum absolute atomic E-state index is 12.7. The van der Waals surface area contributed by atoms with Crippen molar-refractivity contribution in [3.05, 3.63) is 77.6 Å². The summed E-state index contributed by atoms with van der Waals surface area (Å²) >= 11 is 0. The van der Waals surface area contributed by atoms with E-state index in [9.17, 15) is 9.59 Å². The van der Waals surface area contributed by atoms with Crippen LogP contribution in [0.5, 0.6) is 0 Å². The molecule has 0 radical (unpaired) electrons. The van der Waals surface area contributed by atoms with Crippen LogP contribution in [-0.4, -0.2) is 21.8 Å². The van der Waals surface area contributed by atoms with Crippen LogP contribution < -0.4 is 16.0 Å². The number of amides is 2. The molecule has 3 N–H and O–H groups in total. The van der Waals surface area contributed by atoms with Crippen molar-refractivity contribution >= 4 is 29.1 Å². The zero-order chi connectivity index (χ0) is 20.8. The molecular weight excluding hydrogens is 366 g/mol. The van der Waals surface area contributed by atoms with E-state index >= 15 is 0 Å². The minimum absolute atomic E-state index is 0.148. The van der Waals surface area contributed by atoms with Gasteiger partial charge >= 0.3 is 0 Å². The molecule has 0 aliphatic rings. The molecular formula is C22H23N5O2. The van der Waals surface area contributed by atoms with Crippen LogP contribution in [0.25, 0.3) is 0 Å². The first-order valence-electron chi connectivity index (χ1n) is 9.27. The van der Waals surface area contributed by atoms with Crippen LogP contribution in [-0.2, 0) is 4.79 Å². The van der Waals surface area contributed by atoms with Gasteiger partial charge in [0.05, 0.1) is 6.04 Å².